The smallest absolute Gasteiger partial charge is 0.0515 e. The van der Waals surface area contributed by atoms with Crippen LogP contribution in [0.1, 0.15) is 113 Å². The lowest BCUT2D eigenvalue weighted by Crippen LogP contribution is -2.08. The molecule has 0 aromatic carbocycles. The van der Waals surface area contributed by atoms with E-state index in [-0.39, 0.29) is 52.0 Å². The van der Waals surface area contributed by atoms with E-state index < -0.39 is 0 Å². The van der Waals surface area contributed by atoms with E-state index in [9.17, 15) is 0 Å². The molecular formula is C25H75NO2S. The molecule has 0 bridgehead atoms. The molecule has 3 nitrogen and oxygen atoms in total. The third-order valence-electron chi connectivity index (χ3n) is 2.18. The van der Waals surface area contributed by atoms with Crippen LogP contribution in [0.15, 0.2) is 0 Å². The second-order valence-electron chi connectivity index (χ2n) is 4.84. The molecule has 0 atom stereocenters. The van der Waals surface area contributed by atoms with Gasteiger partial charge in [0.05, 0.1) is 6.10 Å². The zero-order chi connectivity index (χ0) is 18.8. The number of hydrogen-bond donors (Lipinski definition) is 0. The summed E-state index contributed by atoms with van der Waals surface area (Å²) < 4.78 is 9.29. The standard InChI is InChI=1S/C4H11N.C4H10O.C4H10.C3H8O.C3H8S.7CH4/c1-4-5(2)3;1-4(2)5-3;3*1-3-4-2;;;;;;;/h4H2,1-3H3;4H,1-3H3;3-4H2,1-2H3;2*3H2,1-2H3;7*1H4. The first kappa shape index (κ1) is 78.5. The van der Waals surface area contributed by atoms with Crippen molar-refractivity contribution in [1.29, 1.82) is 0 Å². The van der Waals surface area contributed by atoms with Crippen LogP contribution in [0.25, 0.3) is 0 Å². The molecule has 198 valence electrons. The summed E-state index contributed by atoms with van der Waals surface area (Å²) >= 11 is 1.86. The Hall–Kier alpha value is 0.230. The van der Waals surface area contributed by atoms with E-state index in [1.165, 1.54) is 18.6 Å². The predicted molar refractivity (Wildman–Crippen MR) is 156 cm³/mol. The minimum atomic E-state index is 0. The molecule has 0 rings (SSSR count). The van der Waals surface area contributed by atoms with Crippen molar-refractivity contribution in [2.24, 2.45) is 0 Å². The topological polar surface area (TPSA) is 21.7 Å². The molecule has 0 saturated carbocycles. The molecule has 0 heterocycles. The molecule has 0 amide bonds. The third-order valence-corrected chi connectivity index (χ3v) is 2.76. The van der Waals surface area contributed by atoms with Crippen LogP contribution in [0.3, 0.4) is 0 Å². The molecule has 0 N–H and O–H groups in total. The largest absolute Gasteiger partial charge is 0.385 e. The van der Waals surface area contributed by atoms with Crippen molar-refractivity contribution in [2.45, 2.75) is 119 Å². The Morgan fingerprint density at radius 1 is 0.724 bits per heavy atom. The monoisotopic (exact) mass is 454 g/mol. The average molecular weight is 454 g/mol. The highest BCUT2D eigenvalue weighted by molar-refractivity contribution is 7.98. The maximum atomic E-state index is 4.75. The minimum absolute atomic E-state index is 0. The first-order valence-corrected chi connectivity index (χ1v) is 9.83. The molecule has 4 heteroatoms. The van der Waals surface area contributed by atoms with Crippen molar-refractivity contribution in [2.75, 3.05) is 53.5 Å². The zero-order valence-electron chi connectivity index (χ0n) is 17.8. The highest BCUT2D eigenvalue weighted by Crippen LogP contribution is 1.83. The predicted octanol–water partition coefficient (Wildman–Crippen LogP) is 9.89. The summed E-state index contributed by atoms with van der Waals surface area (Å²) in [6.45, 7) is 16.5. The third kappa shape index (κ3) is 372. The van der Waals surface area contributed by atoms with E-state index in [2.05, 4.69) is 57.7 Å². The fourth-order valence-corrected chi connectivity index (χ4v) is 0. The van der Waals surface area contributed by atoms with Crippen LogP contribution in [0.4, 0.5) is 0 Å². The van der Waals surface area contributed by atoms with Crippen molar-refractivity contribution in [3.8, 4) is 0 Å². The Bertz CT molecular complexity index is 102. The van der Waals surface area contributed by atoms with Gasteiger partial charge in [-0.3, -0.25) is 0 Å². The molecule has 0 unspecified atom stereocenters. The first-order chi connectivity index (χ1) is 10.3. The number of nitrogens with zero attached hydrogens (tertiary/aromatic N) is 1. The van der Waals surface area contributed by atoms with Crippen molar-refractivity contribution in [3.05, 3.63) is 0 Å². The first-order valence-electron chi connectivity index (χ1n) is 8.44. The molecule has 0 fully saturated rings. The maximum absolute atomic E-state index is 4.75. The van der Waals surface area contributed by atoms with Gasteiger partial charge in [-0.15, -0.1) is 0 Å². The molecule has 29 heavy (non-hydrogen) atoms. The van der Waals surface area contributed by atoms with Crippen molar-refractivity contribution >= 4 is 11.8 Å². The number of rotatable bonds is 5. The van der Waals surface area contributed by atoms with Gasteiger partial charge in [-0.25, -0.2) is 0 Å². The maximum Gasteiger partial charge on any atom is 0.0515 e. The number of hydrogen-bond acceptors (Lipinski definition) is 4. The highest BCUT2D eigenvalue weighted by atomic mass is 32.2. The molecule has 0 aromatic heterocycles. The quantitative estimate of drug-likeness (QED) is 0.412. The van der Waals surface area contributed by atoms with Crippen LogP contribution in [0.5, 0.6) is 0 Å². The van der Waals surface area contributed by atoms with Gasteiger partial charge in [0.1, 0.15) is 0 Å². The minimum Gasteiger partial charge on any atom is -0.385 e. The molecule has 0 spiro atoms. The lowest BCUT2D eigenvalue weighted by Gasteiger charge is -2.00. The number of methoxy groups -OCH3 is 2. The van der Waals surface area contributed by atoms with Crippen LogP contribution in [-0.2, 0) is 9.47 Å². The summed E-state index contributed by atoms with van der Waals surface area (Å²) in [5.74, 6) is 1.24. The fraction of sp³-hybridized carbons (Fsp3) is 1.00. The molecule has 0 saturated heterocycles. The van der Waals surface area contributed by atoms with E-state index in [1.54, 1.807) is 14.2 Å². The number of thioether (sulfide) groups is 1. The molecule has 0 aromatic rings. The number of unbranched alkanes of at least 4 members (excludes halogenated alkanes) is 1. The Kier molecular flexibility index (Phi) is 280. The van der Waals surface area contributed by atoms with E-state index in [0.717, 1.165) is 13.2 Å². The fourth-order valence-electron chi connectivity index (χ4n) is 0. The van der Waals surface area contributed by atoms with E-state index >= 15 is 0 Å². The Labute approximate surface area is 199 Å². The van der Waals surface area contributed by atoms with Gasteiger partial charge in [-0.2, -0.15) is 11.8 Å². The van der Waals surface area contributed by atoms with Gasteiger partial charge in [0.15, 0.2) is 0 Å². The van der Waals surface area contributed by atoms with E-state index in [1.807, 2.05) is 32.5 Å². The average Bonchev–Trinajstić information content (AvgIpc) is 2.55. The van der Waals surface area contributed by atoms with Crippen LogP contribution in [0.2, 0.25) is 0 Å². The zero-order valence-corrected chi connectivity index (χ0v) is 18.6. The van der Waals surface area contributed by atoms with Crippen LogP contribution >= 0.6 is 11.8 Å². The van der Waals surface area contributed by atoms with Gasteiger partial charge < -0.3 is 14.4 Å². The molecular weight excluding hydrogens is 378 g/mol. The Morgan fingerprint density at radius 3 is 0.897 bits per heavy atom. The van der Waals surface area contributed by atoms with Crippen LogP contribution in [0, 0.1) is 0 Å². The molecule has 0 aliphatic rings. The Morgan fingerprint density at radius 2 is 0.897 bits per heavy atom. The van der Waals surface area contributed by atoms with Crippen molar-refractivity contribution in [3.63, 3.8) is 0 Å². The lowest BCUT2D eigenvalue weighted by molar-refractivity contribution is 0.134. The summed E-state index contributed by atoms with van der Waals surface area (Å²) in [4.78, 5) is 2.12. The Balaban J connectivity index is -0.0000000118. The summed E-state index contributed by atoms with van der Waals surface area (Å²) in [7, 11) is 7.49. The van der Waals surface area contributed by atoms with Gasteiger partial charge in [-0.05, 0) is 53.4 Å². The SMILES string of the molecule is C.C.C.C.C.C.C.CCCC.CCN(C)C.CCOC.CCSC.COC(C)C. The molecule has 0 aliphatic carbocycles. The second kappa shape index (κ2) is 103. The van der Waals surface area contributed by atoms with Gasteiger partial charge in [0, 0.05) is 20.8 Å². The highest BCUT2D eigenvalue weighted by Gasteiger charge is 1.78. The summed E-state index contributed by atoms with van der Waals surface area (Å²) in [6.07, 6.45) is 5.12. The summed E-state index contributed by atoms with van der Waals surface area (Å²) in [5.41, 5.74) is 0. The second-order valence-corrected chi connectivity index (χ2v) is 5.99. The van der Waals surface area contributed by atoms with Crippen molar-refractivity contribution in [1.82, 2.24) is 4.90 Å². The van der Waals surface area contributed by atoms with Gasteiger partial charge in [0.25, 0.3) is 0 Å². The van der Waals surface area contributed by atoms with Gasteiger partial charge in [0.2, 0.25) is 0 Å². The lowest BCUT2D eigenvalue weighted by atomic mass is 10.4. The summed E-state index contributed by atoms with van der Waals surface area (Å²) in [6, 6.07) is 0. The van der Waals surface area contributed by atoms with Crippen LogP contribution in [-0.4, -0.2) is 64.5 Å². The van der Waals surface area contributed by atoms with Crippen molar-refractivity contribution < 1.29 is 9.47 Å². The number of ether oxygens (including phenoxy) is 2. The summed E-state index contributed by atoms with van der Waals surface area (Å²) in [5, 5.41) is 0. The molecule has 0 radical (unpaired) electrons. The normalized spacial score (nSPS) is 6.41. The van der Waals surface area contributed by atoms with Crippen LogP contribution < -0.4 is 0 Å². The van der Waals surface area contributed by atoms with E-state index in [0.29, 0.717) is 6.10 Å². The van der Waals surface area contributed by atoms with Gasteiger partial charge in [-0.1, -0.05) is 92.5 Å². The molecule has 0 aliphatic heterocycles. The van der Waals surface area contributed by atoms with Gasteiger partial charge >= 0.3 is 0 Å². The van der Waals surface area contributed by atoms with E-state index in [4.69, 9.17) is 4.74 Å².